The molecule has 0 heterocycles. The van der Waals surface area contributed by atoms with Crippen LogP contribution in [-0.4, -0.2) is 42.8 Å². The number of Topliss-reactive ketones (excluding diaryl/α,β-unsaturated/α-hetero) is 1. The fourth-order valence-corrected chi connectivity index (χ4v) is 2.21. The molecule has 0 radical (unpaired) electrons. The molecule has 0 saturated heterocycles. The van der Waals surface area contributed by atoms with Crippen molar-refractivity contribution >= 4 is 25.9 Å². The maximum atomic E-state index is 11.4. The molecule has 15 heavy (non-hydrogen) atoms. The summed E-state index contributed by atoms with van der Waals surface area (Å²) < 4.78 is 19.3. The Morgan fingerprint density at radius 1 is 1.40 bits per heavy atom. The van der Waals surface area contributed by atoms with Crippen LogP contribution in [0.3, 0.4) is 0 Å². The second kappa shape index (κ2) is 7.61. The van der Waals surface area contributed by atoms with Gasteiger partial charge in [-0.15, -0.1) is 0 Å². The maximum absolute atomic E-state index is 11.4. The number of ketones is 1. The van der Waals surface area contributed by atoms with Crippen LogP contribution in [-0.2, 0) is 13.4 Å². The van der Waals surface area contributed by atoms with Gasteiger partial charge >= 0.3 is 91.1 Å². The van der Waals surface area contributed by atoms with E-state index in [1.54, 1.807) is 0 Å². The third-order valence-electron chi connectivity index (χ3n) is 1.68. The number of carbonyl (C=O) groups is 2. The van der Waals surface area contributed by atoms with E-state index in [1.807, 2.05) is 0 Å². The number of carbonyl (C=O) groups excluding carboxylic acids is 2. The summed E-state index contributed by atoms with van der Waals surface area (Å²) >= 11 is -2.95. The van der Waals surface area contributed by atoms with Gasteiger partial charge in [0.2, 0.25) is 0 Å². The van der Waals surface area contributed by atoms with Crippen molar-refractivity contribution in [3.63, 3.8) is 0 Å². The van der Waals surface area contributed by atoms with Crippen LogP contribution in [0.1, 0.15) is 12.8 Å². The predicted octanol–water partition coefficient (Wildman–Crippen LogP) is -2.39. The van der Waals surface area contributed by atoms with Crippen molar-refractivity contribution < 1.29 is 17.6 Å². The van der Waals surface area contributed by atoms with Crippen molar-refractivity contribution in [1.82, 2.24) is 5.32 Å². The molecule has 0 aromatic rings. The fraction of sp³-hybridized carbons (Fsp3) is 0.714. The third kappa shape index (κ3) is 7.29. The summed E-state index contributed by atoms with van der Waals surface area (Å²) in [5.41, 5.74) is 10.1. The van der Waals surface area contributed by atoms with E-state index in [0.29, 0.717) is 0 Å². The van der Waals surface area contributed by atoms with Crippen molar-refractivity contribution in [1.29, 1.82) is 0 Å². The molecule has 0 aliphatic heterocycles. The van der Waals surface area contributed by atoms with E-state index < -0.39 is 26.1 Å². The molecule has 0 aromatic heterocycles. The molecule has 0 saturated carbocycles. The van der Waals surface area contributed by atoms with Gasteiger partial charge in [0.25, 0.3) is 0 Å². The minimum absolute atomic E-state index is 0.0336. The molecule has 7 nitrogen and oxygen atoms in total. The van der Waals surface area contributed by atoms with Crippen LogP contribution < -0.4 is 16.8 Å². The normalized spacial score (nSPS) is 14.5. The molecule has 0 spiro atoms. The van der Waals surface area contributed by atoms with Crippen LogP contribution in [0.15, 0.2) is 0 Å². The Morgan fingerprint density at radius 3 is 2.40 bits per heavy atom. The third-order valence-corrected chi connectivity index (χ3v) is 2.98. The molecule has 0 aromatic carbocycles. The Kier molecular flexibility index (Phi) is 7.27. The summed E-state index contributed by atoms with van der Waals surface area (Å²) in [4.78, 5) is 21.8. The van der Waals surface area contributed by atoms with Crippen LogP contribution in [0, 0.1) is 0 Å². The van der Waals surface area contributed by atoms with Gasteiger partial charge in [0.15, 0.2) is 0 Å². The summed E-state index contributed by atoms with van der Waals surface area (Å²) in [7, 11) is 0. The number of nitrogens with one attached hydrogen (secondary N) is 1. The predicted molar refractivity (Wildman–Crippen MR) is 52.9 cm³/mol. The molecule has 1 unspecified atom stereocenters. The van der Waals surface area contributed by atoms with Crippen LogP contribution in [0.4, 0.5) is 0 Å². The van der Waals surface area contributed by atoms with Crippen LogP contribution in [0.2, 0.25) is 5.32 Å². The minimum atomic E-state index is -2.95. The van der Waals surface area contributed by atoms with E-state index >= 15 is 0 Å². The Bertz CT molecular complexity index is 259. The first-order chi connectivity index (χ1) is 6.97. The monoisotopic (exact) mass is 285 g/mol. The molecule has 8 heteroatoms. The van der Waals surface area contributed by atoms with Crippen LogP contribution in [0.5, 0.6) is 0 Å². The molecule has 0 bridgehead atoms. The standard InChI is InChI=1S/C7H15N3O4Se/c8-4-10-5(3-15(13)14)6(11)1-2-7(9)12/h5,10H,1-4,8H2,(H2,9,12)(H,13,14)/t5-/m0/s1. The first kappa shape index (κ1) is 14.3. The second-order valence-corrected chi connectivity index (χ2v) is 4.93. The van der Waals surface area contributed by atoms with E-state index in [-0.39, 0.29) is 30.6 Å². The quantitative estimate of drug-likeness (QED) is 0.290. The van der Waals surface area contributed by atoms with E-state index in [9.17, 15) is 13.4 Å². The van der Waals surface area contributed by atoms with Crippen LogP contribution >= 0.6 is 0 Å². The van der Waals surface area contributed by atoms with Gasteiger partial charge in [-0.05, 0) is 0 Å². The summed E-state index contributed by atoms with van der Waals surface area (Å²) in [6.45, 7) is 0.0336. The molecule has 1 amide bonds. The number of nitrogens with two attached hydrogens (primary N) is 2. The molecule has 0 rings (SSSR count). The molecule has 0 aliphatic rings. The molecule has 0 fully saturated rings. The average Bonchev–Trinajstić information content (AvgIpc) is 2.12. The van der Waals surface area contributed by atoms with Gasteiger partial charge in [-0.3, -0.25) is 0 Å². The van der Waals surface area contributed by atoms with Crippen LogP contribution in [0.25, 0.3) is 0 Å². The van der Waals surface area contributed by atoms with E-state index in [2.05, 4.69) is 5.32 Å². The van der Waals surface area contributed by atoms with Gasteiger partial charge in [0.1, 0.15) is 0 Å². The van der Waals surface area contributed by atoms with E-state index in [0.717, 1.165) is 0 Å². The zero-order valence-corrected chi connectivity index (χ0v) is 9.85. The average molecular weight is 284 g/mol. The number of amides is 1. The van der Waals surface area contributed by atoms with Crippen molar-refractivity contribution in [3.05, 3.63) is 0 Å². The van der Waals surface area contributed by atoms with E-state index in [1.165, 1.54) is 0 Å². The van der Waals surface area contributed by atoms with Gasteiger partial charge in [-0.1, -0.05) is 0 Å². The van der Waals surface area contributed by atoms with Crippen molar-refractivity contribution in [2.45, 2.75) is 24.2 Å². The van der Waals surface area contributed by atoms with Crippen molar-refractivity contribution in [2.24, 2.45) is 11.5 Å². The summed E-state index contributed by atoms with van der Waals surface area (Å²) in [5.74, 6) is -0.897. The molecule has 6 N–H and O–H groups in total. The zero-order chi connectivity index (χ0) is 11.8. The number of hydrogen-bond donors (Lipinski definition) is 4. The topological polar surface area (TPSA) is 136 Å². The molecule has 0 aliphatic carbocycles. The number of primary amides is 1. The fourth-order valence-electron chi connectivity index (χ4n) is 0.971. The number of rotatable bonds is 8. The SMILES string of the molecule is NCN[C@@H](C[Se](=O)O)C(=O)CCC(N)=O. The second-order valence-electron chi connectivity index (χ2n) is 2.88. The summed E-state index contributed by atoms with van der Waals surface area (Å²) in [6, 6.07) is -0.762. The summed E-state index contributed by atoms with van der Waals surface area (Å²) in [6.07, 6.45) is -0.0948. The number of hydrogen-bond acceptors (Lipinski definition) is 5. The van der Waals surface area contributed by atoms with Gasteiger partial charge in [0, 0.05) is 0 Å². The van der Waals surface area contributed by atoms with Gasteiger partial charge in [-0.25, -0.2) is 0 Å². The van der Waals surface area contributed by atoms with E-state index in [4.69, 9.17) is 15.7 Å². The first-order valence-corrected chi connectivity index (χ1v) is 6.97. The first-order valence-electron chi connectivity index (χ1n) is 4.29. The molecule has 88 valence electrons. The van der Waals surface area contributed by atoms with Crippen molar-refractivity contribution in [2.75, 3.05) is 6.67 Å². The Morgan fingerprint density at radius 2 is 2.00 bits per heavy atom. The Labute approximate surface area is 91.6 Å². The van der Waals surface area contributed by atoms with Gasteiger partial charge in [-0.2, -0.15) is 0 Å². The molecular weight excluding hydrogens is 269 g/mol. The van der Waals surface area contributed by atoms with Crippen molar-refractivity contribution in [3.8, 4) is 0 Å². The molecular formula is C7H15N3O4Se. The Hall–Kier alpha value is -0.661. The zero-order valence-electron chi connectivity index (χ0n) is 8.14. The van der Waals surface area contributed by atoms with Gasteiger partial charge < -0.3 is 0 Å². The Balaban J connectivity index is 4.15. The summed E-state index contributed by atoms with van der Waals surface area (Å²) in [5, 5.41) is 2.44. The van der Waals surface area contributed by atoms with Gasteiger partial charge in [0.05, 0.1) is 0 Å². The molecule has 2 atom stereocenters.